The lowest BCUT2D eigenvalue weighted by molar-refractivity contribution is -0.170. The van der Waals surface area contributed by atoms with Crippen molar-refractivity contribution >= 4 is 5.97 Å². The number of carbonyl (C=O) groups excluding carboxylic acids is 1. The number of esters is 1. The Morgan fingerprint density at radius 2 is 1.76 bits per heavy atom. The van der Waals surface area contributed by atoms with Gasteiger partial charge in [0.25, 0.3) is 0 Å². The average molecular weight is 293 g/mol. The van der Waals surface area contributed by atoms with Gasteiger partial charge in [-0.2, -0.15) is 0 Å². The van der Waals surface area contributed by atoms with Gasteiger partial charge in [0.1, 0.15) is 11.4 Å². The molecule has 2 N–H and O–H groups in total. The van der Waals surface area contributed by atoms with Crippen molar-refractivity contribution in [3.8, 4) is 5.75 Å². The maximum absolute atomic E-state index is 12.2. The molecule has 118 valence electrons. The first-order chi connectivity index (χ1) is 9.65. The molecule has 0 aromatic heterocycles. The monoisotopic (exact) mass is 293 g/mol. The minimum Gasteiger partial charge on any atom is -0.476 e. The second-order valence-electron chi connectivity index (χ2n) is 6.61. The van der Waals surface area contributed by atoms with Gasteiger partial charge in [0.05, 0.1) is 0 Å². The molecule has 0 bridgehead atoms. The molecule has 4 nitrogen and oxygen atoms in total. The summed E-state index contributed by atoms with van der Waals surface area (Å²) in [5, 5.41) is 0. The normalized spacial score (nSPS) is 12.1. The topological polar surface area (TPSA) is 61.5 Å². The molecular formula is C17H27NO3. The molecule has 0 saturated carbocycles. The van der Waals surface area contributed by atoms with E-state index in [4.69, 9.17) is 15.2 Å². The van der Waals surface area contributed by atoms with Crippen molar-refractivity contribution in [1.29, 1.82) is 0 Å². The third kappa shape index (κ3) is 5.76. The molecule has 0 aliphatic heterocycles. The van der Waals surface area contributed by atoms with Gasteiger partial charge in [0, 0.05) is 0 Å². The molecule has 1 aromatic carbocycles. The lowest BCUT2D eigenvalue weighted by Gasteiger charge is -2.29. The number of benzene rings is 1. The van der Waals surface area contributed by atoms with Crippen LogP contribution in [0, 0.1) is 0 Å². The Bertz CT molecular complexity index is 475. The first-order valence-corrected chi connectivity index (χ1v) is 7.36. The Labute approximate surface area is 127 Å². The number of ether oxygens (including phenoxy) is 2. The Kier molecular flexibility index (Phi) is 5.78. The fraction of sp³-hybridized carbons (Fsp3) is 0.588. The van der Waals surface area contributed by atoms with Gasteiger partial charge in [0.2, 0.25) is 0 Å². The molecular weight excluding hydrogens is 266 g/mol. The fourth-order valence-electron chi connectivity index (χ4n) is 1.82. The van der Waals surface area contributed by atoms with Crippen LogP contribution >= 0.6 is 0 Å². The standard InChI is InChI=1S/C17H27NO3/c1-16(2,3)21-15(19)17(4,5)20-14-11-7-6-9-13(14)10-8-12-18/h6-7,9,11H,8,10,12,18H2,1-5H3. The van der Waals surface area contributed by atoms with E-state index in [9.17, 15) is 4.79 Å². The molecule has 0 aliphatic rings. The highest BCUT2D eigenvalue weighted by atomic mass is 16.6. The smallest absolute Gasteiger partial charge is 0.350 e. The predicted octanol–water partition coefficient (Wildman–Crippen LogP) is 3.08. The van der Waals surface area contributed by atoms with E-state index in [0.29, 0.717) is 12.3 Å². The highest BCUT2D eigenvalue weighted by molar-refractivity contribution is 5.79. The number of nitrogens with two attached hydrogens (primary N) is 1. The number of rotatable bonds is 6. The predicted molar refractivity (Wildman–Crippen MR) is 84.4 cm³/mol. The lowest BCUT2D eigenvalue weighted by Crippen LogP contribution is -2.43. The summed E-state index contributed by atoms with van der Waals surface area (Å²) in [6, 6.07) is 7.72. The van der Waals surface area contributed by atoms with Crippen molar-refractivity contribution in [2.45, 2.75) is 58.7 Å². The lowest BCUT2D eigenvalue weighted by atomic mass is 10.1. The minimum absolute atomic E-state index is 0.372. The van der Waals surface area contributed by atoms with E-state index in [-0.39, 0.29) is 5.97 Å². The van der Waals surface area contributed by atoms with E-state index in [0.717, 1.165) is 18.4 Å². The third-order valence-corrected chi connectivity index (χ3v) is 2.88. The molecule has 1 aromatic rings. The zero-order valence-electron chi connectivity index (χ0n) is 13.7. The van der Waals surface area contributed by atoms with E-state index >= 15 is 0 Å². The van der Waals surface area contributed by atoms with Crippen LogP contribution in [-0.2, 0) is 16.0 Å². The van der Waals surface area contributed by atoms with Crippen LogP contribution in [0.1, 0.15) is 46.6 Å². The van der Waals surface area contributed by atoms with Crippen molar-refractivity contribution in [3.05, 3.63) is 29.8 Å². The molecule has 4 heteroatoms. The van der Waals surface area contributed by atoms with E-state index in [1.165, 1.54) is 0 Å². The molecule has 0 atom stereocenters. The molecule has 0 saturated heterocycles. The Morgan fingerprint density at radius 3 is 2.33 bits per heavy atom. The van der Waals surface area contributed by atoms with E-state index in [1.54, 1.807) is 13.8 Å². The molecule has 0 amide bonds. The summed E-state index contributed by atoms with van der Waals surface area (Å²) >= 11 is 0. The maximum atomic E-state index is 12.2. The zero-order valence-corrected chi connectivity index (χ0v) is 13.7. The molecule has 0 fully saturated rings. The summed E-state index contributed by atoms with van der Waals surface area (Å²) in [5.41, 5.74) is 5.04. The molecule has 21 heavy (non-hydrogen) atoms. The Morgan fingerprint density at radius 1 is 1.14 bits per heavy atom. The fourth-order valence-corrected chi connectivity index (χ4v) is 1.82. The largest absolute Gasteiger partial charge is 0.476 e. The van der Waals surface area contributed by atoms with Gasteiger partial charge < -0.3 is 15.2 Å². The van der Waals surface area contributed by atoms with Gasteiger partial charge in [0.15, 0.2) is 5.60 Å². The number of carbonyl (C=O) groups is 1. The van der Waals surface area contributed by atoms with Gasteiger partial charge in [-0.1, -0.05) is 18.2 Å². The number of para-hydroxylation sites is 1. The van der Waals surface area contributed by atoms with E-state index in [1.807, 2.05) is 45.0 Å². The first kappa shape index (κ1) is 17.5. The Balaban J connectivity index is 2.86. The number of hydrogen-bond acceptors (Lipinski definition) is 4. The summed E-state index contributed by atoms with van der Waals surface area (Å²) in [6.07, 6.45) is 1.71. The van der Waals surface area contributed by atoms with Crippen LogP contribution in [0.5, 0.6) is 5.75 Å². The summed E-state index contributed by atoms with van der Waals surface area (Å²) < 4.78 is 11.3. The highest BCUT2D eigenvalue weighted by Crippen LogP contribution is 2.26. The summed E-state index contributed by atoms with van der Waals surface area (Å²) in [5.74, 6) is 0.338. The Hall–Kier alpha value is -1.55. The number of hydrogen-bond donors (Lipinski definition) is 1. The molecule has 0 heterocycles. The molecule has 0 spiro atoms. The van der Waals surface area contributed by atoms with Crippen LogP contribution in [0.15, 0.2) is 24.3 Å². The molecule has 1 rings (SSSR count). The summed E-state index contributed by atoms with van der Waals surface area (Å²) in [6.45, 7) is 9.61. The molecule has 0 aliphatic carbocycles. The van der Waals surface area contributed by atoms with Crippen LogP contribution in [0.2, 0.25) is 0 Å². The first-order valence-electron chi connectivity index (χ1n) is 7.36. The highest BCUT2D eigenvalue weighted by Gasteiger charge is 2.35. The van der Waals surface area contributed by atoms with Crippen LogP contribution in [-0.4, -0.2) is 23.7 Å². The van der Waals surface area contributed by atoms with Gasteiger partial charge in [-0.15, -0.1) is 0 Å². The molecule has 0 radical (unpaired) electrons. The van der Waals surface area contributed by atoms with Gasteiger partial charge in [-0.05, 0) is 65.6 Å². The zero-order chi connectivity index (χ0) is 16.1. The average Bonchev–Trinajstić information content (AvgIpc) is 2.35. The SMILES string of the molecule is CC(C)(C)OC(=O)C(C)(C)Oc1ccccc1CCCN. The van der Waals surface area contributed by atoms with Gasteiger partial charge >= 0.3 is 5.97 Å². The maximum Gasteiger partial charge on any atom is 0.350 e. The summed E-state index contributed by atoms with van der Waals surface area (Å²) in [4.78, 5) is 12.2. The second-order valence-corrected chi connectivity index (χ2v) is 6.61. The van der Waals surface area contributed by atoms with Crippen molar-refractivity contribution in [3.63, 3.8) is 0 Å². The van der Waals surface area contributed by atoms with Crippen molar-refractivity contribution < 1.29 is 14.3 Å². The third-order valence-electron chi connectivity index (χ3n) is 2.88. The van der Waals surface area contributed by atoms with E-state index < -0.39 is 11.2 Å². The van der Waals surface area contributed by atoms with Crippen molar-refractivity contribution in [1.82, 2.24) is 0 Å². The molecule has 0 unspecified atom stereocenters. The van der Waals surface area contributed by atoms with Crippen LogP contribution in [0.25, 0.3) is 0 Å². The van der Waals surface area contributed by atoms with Gasteiger partial charge in [-0.3, -0.25) is 0 Å². The second kappa shape index (κ2) is 6.94. The minimum atomic E-state index is -1.04. The quantitative estimate of drug-likeness (QED) is 0.819. The van der Waals surface area contributed by atoms with E-state index in [2.05, 4.69) is 0 Å². The summed E-state index contributed by atoms with van der Waals surface area (Å²) in [7, 11) is 0. The van der Waals surface area contributed by atoms with Gasteiger partial charge in [-0.25, -0.2) is 4.79 Å². The number of aryl methyl sites for hydroxylation is 1. The van der Waals surface area contributed by atoms with Crippen LogP contribution in [0.3, 0.4) is 0 Å². The van der Waals surface area contributed by atoms with Crippen LogP contribution < -0.4 is 10.5 Å². The van der Waals surface area contributed by atoms with Crippen molar-refractivity contribution in [2.75, 3.05) is 6.54 Å². The van der Waals surface area contributed by atoms with Crippen molar-refractivity contribution in [2.24, 2.45) is 5.73 Å². The van der Waals surface area contributed by atoms with Crippen LogP contribution in [0.4, 0.5) is 0 Å².